The monoisotopic (exact) mass is 273 g/mol. The molecule has 1 heterocycles. The molecule has 1 atom stereocenters. The van der Waals surface area contributed by atoms with Crippen molar-refractivity contribution in [3.8, 4) is 0 Å². The second-order valence-corrected chi connectivity index (χ2v) is 4.72. The lowest BCUT2D eigenvalue weighted by Gasteiger charge is -2.16. The largest absolute Gasteiger partial charge is 0.370 e. The molecule has 0 saturated carbocycles. The third-order valence-corrected chi connectivity index (χ3v) is 3.04. The summed E-state index contributed by atoms with van der Waals surface area (Å²) in [5, 5.41) is 6.46. The van der Waals surface area contributed by atoms with Crippen LogP contribution in [-0.4, -0.2) is 11.5 Å². The first kappa shape index (κ1) is 14.3. The van der Waals surface area contributed by atoms with Gasteiger partial charge in [0.1, 0.15) is 17.5 Å². The highest BCUT2D eigenvalue weighted by atomic mass is 19.1. The molecular weight excluding hydrogens is 253 g/mol. The predicted octanol–water partition coefficient (Wildman–Crippen LogP) is 4.22. The number of anilines is 2. The van der Waals surface area contributed by atoms with Crippen LogP contribution in [0, 0.1) is 5.82 Å². The maximum absolute atomic E-state index is 13.7. The van der Waals surface area contributed by atoms with Crippen molar-refractivity contribution in [2.24, 2.45) is 0 Å². The quantitative estimate of drug-likeness (QED) is 0.827. The van der Waals surface area contributed by atoms with Gasteiger partial charge in [0.15, 0.2) is 0 Å². The van der Waals surface area contributed by atoms with Crippen molar-refractivity contribution in [3.63, 3.8) is 0 Å². The van der Waals surface area contributed by atoms with E-state index >= 15 is 0 Å². The van der Waals surface area contributed by atoms with Crippen molar-refractivity contribution >= 4 is 11.6 Å². The van der Waals surface area contributed by atoms with Crippen molar-refractivity contribution in [1.82, 2.24) is 4.98 Å². The van der Waals surface area contributed by atoms with Crippen molar-refractivity contribution < 1.29 is 4.39 Å². The molecule has 2 aromatic rings. The summed E-state index contributed by atoms with van der Waals surface area (Å²) in [5.74, 6) is 1.37. The first-order valence-corrected chi connectivity index (χ1v) is 6.92. The van der Waals surface area contributed by atoms with Gasteiger partial charge >= 0.3 is 0 Å². The fraction of sp³-hybridized carbons (Fsp3) is 0.312. The zero-order chi connectivity index (χ0) is 14.4. The number of pyridine rings is 1. The molecule has 0 radical (unpaired) electrons. The Morgan fingerprint density at radius 2 is 1.85 bits per heavy atom. The van der Waals surface area contributed by atoms with Gasteiger partial charge in [-0.05, 0) is 31.5 Å². The fourth-order valence-corrected chi connectivity index (χ4v) is 1.99. The van der Waals surface area contributed by atoms with Gasteiger partial charge in [-0.2, -0.15) is 0 Å². The van der Waals surface area contributed by atoms with Gasteiger partial charge < -0.3 is 10.6 Å². The third-order valence-electron chi connectivity index (χ3n) is 3.04. The van der Waals surface area contributed by atoms with E-state index in [-0.39, 0.29) is 11.9 Å². The Morgan fingerprint density at radius 1 is 1.10 bits per heavy atom. The van der Waals surface area contributed by atoms with E-state index in [0.29, 0.717) is 5.56 Å². The van der Waals surface area contributed by atoms with Crippen molar-refractivity contribution in [3.05, 3.63) is 53.8 Å². The lowest BCUT2D eigenvalue weighted by Crippen LogP contribution is -2.10. The summed E-state index contributed by atoms with van der Waals surface area (Å²) in [4.78, 5) is 4.46. The molecule has 20 heavy (non-hydrogen) atoms. The average molecular weight is 273 g/mol. The maximum atomic E-state index is 13.7. The van der Waals surface area contributed by atoms with Gasteiger partial charge in [0.25, 0.3) is 0 Å². The number of benzene rings is 1. The molecule has 0 saturated heterocycles. The Kier molecular flexibility index (Phi) is 4.93. The molecule has 0 aliphatic carbocycles. The summed E-state index contributed by atoms with van der Waals surface area (Å²) < 4.78 is 13.7. The van der Waals surface area contributed by atoms with Gasteiger partial charge in [-0.15, -0.1) is 0 Å². The van der Waals surface area contributed by atoms with Gasteiger partial charge in [-0.1, -0.05) is 31.2 Å². The molecule has 106 valence electrons. The summed E-state index contributed by atoms with van der Waals surface area (Å²) in [6.07, 6.45) is 1.05. The summed E-state index contributed by atoms with van der Waals surface area (Å²) >= 11 is 0. The topological polar surface area (TPSA) is 37.0 Å². The number of nitrogens with zero attached hydrogens (tertiary/aromatic N) is 1. The molecule has 1 unspecified atom stereocenters. The van der Waals surface area contributed by atoms with Crippen molar-refractivity contribution in [2.45, 2.75) is 26.3 Å². The molecule has 0 fully saturated rings. The van der Waals surface area contributed by atoms with Crippen LogP contribution in [0.5, 0.6) is 0 Å². The predicted molar refractivity (Wildman–Crippen MR) is 81.5 cm³/mol. The Balaban J connectivity index is 2.08. The Labute approximate surface area is 119 Å². The van der Waals surface area contributed by atoms with Crippen LogP contribution in [0.25, 0.3) is 0 Å². The van der Waals surface area contributed by atoms with E-state index < -0.39 is 0 Å². The Morgan fingerprint density at radius 3 is 2.60 bits per heavy atom. The average Bonchev–Trinajstić information content (AvgIpc) is 2.46. The van der Waals surface area contributed by atoms with E-state index in [1.807, 2.05) is 31.2 Å². The van der Waals surface area contributed by atoms with E-state index in [1.165, 1.54) is 6.07 Å². The third kappa shape index (κ3) is 3.70. The molecule has 0 amide bonds. The molecule has 0 aliphatic rings. The fourth-order valence-electron chi connectivity index (χ4n) is 1.99. The van der Waals surface area contributed by atoms with Crippen molar-refractivity contribution in [2.75, 3.05) is 17.2 Å². The number of rotatable bonds is 6. The minimum Gasteiger partial charge on any atom is -0.370 e. The smallest absolute Gasteiger partial charge is 0.128 e. The minimum absolute atomic E-state index is 0.134. The van der Waals surface area contributed by atoms with Gasteiger partial charge in [0, 0.05) is 12.1 Å². The molecule has 0 bridgehead atoms. The normalized spacial score (nSPS) is 11.9. The number of nitrogens with one attached hydrogen (secondary N) is 2. The van der Waals surface area contributed by atoms with E-state index in [2.05, 4.69) is 22.5 Å². The van der Waals surface area contributed by atoms with E-state index in [4.69, 9.17) is 0 Å². The standard InChI is InChI=1S/C16H20FN3/c1-3-11-18-15-9-6-10-16(20-15)19-12(2)13-7-4-5-8-14(13)17/h4-10,12H,3,11H2,1-2H3,(H2,18,19,20). The van der Waals surface area contributed by atoms with Gasteiger partial charge in [-0.3, -0.25) is 0 Å². The highest BCUT2D eigenvalue weighted by molar-refractivity contribution is 5.46. The van der Waals surface area contributed by atoms with Crippen LogP contribution in [0.4, 0.5) is 16.0 Å². The van der Waals surface area contributed by atoms with Crippen LogP contribution >= 0.6 is 0 Å². The summed E-state index contributed by atoms with van der Waals surface area (Å²) in [7, 11) is 0. The molecule has 4 heteroatoms. The number of aromatic nitrogens is 1. The lowest BCUT2D eigenvalue weighted by atomic mass is 10.1. The van der Waals surface area contributed by atoms with Gasteiger partial charge in [0.2, 0.25) is 0 Å². The molecule has 1 aromatic heterocycles. The lowest BCUT2D eigenvalue weighted by molar-refractivity contribution is 0.600. The van der Waals surface area contributed by atoms with Gasteiger partial charge in [0.05, 0.1) is 6.04 Å². The van der Waals surface area contributed by atoms with E-state index in [0.717, 1.165) is 24.6 Å². The first-order valence-electron chi connectivity index (χ1n) is 6.92. The van der Waals surface area contributed by atoms with E-state index in [1.54, 1.807) is 12.1 Å². The zero-order valence-electron chi connectivity index (χ0n) is 11.9. The highest BCUT2D eigenvalue weighted by Gasteiger charge is 2.10. The van der Waals surface area contributed by atoms with Gasteiger partial charge in [-0.25, -0.2) is 9.37 Å². The molecule has 2 N–H and O–H groups in total. The molecule has 0 spiro atoms. The molecule has 3 nitrogen and oxygen atoms in total. The van der Waals surface area contributed by atoms with Crippen LogP contribution in [0.3, 0.4) is 0 Å². The number of halogens is 1. The first-order chi connectivity index (χ1) is 9.70. The second kappa shape index (κ2) is 6.89. The summed E-state index contributed by atoms with van der Waals surface area (Å²) in [6, 6.07) is 12.4. The van der Waals surface area contributed by atoms with Crippen LogP contribution < -0.4 is 10.6 Å². The molecule has 0 aliphatic heterocycles. The molecule has 2 rings (SSSR count). The van der Waals surface area contributed by atoms with Crippen LogP contribution in [-0.2, 0) is 0 Å². The summed E-state index contributed by atoms with van der Waals surface area (Å²) in [6.45, 7) is 4.92. The highest BCUT2D eigenvalue weighted by Crippen LogP contribution is 2.21. The number of hydrogen-bond acceptors (Lipinski definition) is 3. The molecular formula is C16H20FN3. The number of hydrogen-bond donors (Lipinski definition) is 2. The van der Waals surface area contributed by atoms with Crippen LogP contribution in [0.2, 0.25) is 0 Å². The minimum atomic E-state index is -0.201. The Hall–Kier alpha value is -2.10. The Bertz CT molecular complexity index is 557. The maximum Gasteiger partial charge on any atom is 0.128 e. The zero-order valence-corrected chi connectivity index (χ0v) is 11.9. The van der Waals surface area contributed by atoms with Crippen LogP contribution in [0.1, 0.15) is 31.9 Å². The van der Waals surface area contributed by atoms with Crippen LogP contribution in [0.15, 0.2) is 42.5 Å². The van der Waals surface area contributed by atoms with Crippen molar-refractivity contribution in [1.29, 1.82) is 0 Å². The second-order valence-electron chi connectivity index (χ2n) is 4.72. The summed E-state index contributed by atoms with van der Waals surface area (Å²) in [5.41, 5.74) is 0.640. The SMILES string of the molecule is CCCNc1cccc(NC(C)c2ccccc2F)n1. The molecule has 1 aromatic carbocycles. The van der Waals surface area contributed by atoms with E-state index in [9.17, 15) is 4.39 Å².